The van der Waals surface area contributed by atoms with E-state index in [-0.39, 0.29) is 18.2 Å². The van der Waals surface area contributed by atoms with Gasteiger partial charge in [0.15, 0.2) is 6.61 Å². The van der Waals surface area contributed by atoms with Crippen molar-refractivity contribution in [3.05, 3.63) is 59.7 Å². The summed E-state index contributed by atoms with van der Waals surface area (Å²) < 4.78 is 42.6. The Balaban J connectivity index is 1.87. The summed E-state index contributed by atoms with van der Waals surface area (Å²) in [4.78, 5) is 23.2. The molecule has 2 amide bonds. The van der Waals surface area contributed by atoms with Crippen molar-refractivity contribution in [3.63, 3.8) is 0 Å². The van der Waals surface area contributed by atoms with E-state index in [9.17, 15) is 22.8 Å². The Labute approximate surface area is 141 Å². The van der Waals surface area contributed by atoms with Gasteiger partial charge in [0.2, 0.25) is 0 Å². The first kappa shape index (κ1) is 18.3. The molecule has 0 fully saturated rings. The Kier molecular flexibility index (Phi) is 5.63. The first-order valence-corrected chi connectivity index (χ1v) is 7.21. The molecule has 2 aromatic carbocycles. The average Bonchev–Trinajstić information content (AvgIpc) is 2.59. The van der Waals surface area contributed by atoms with Gasteiger partial charge in [-0.25, -0.2) is 0 Å². The van der Waals surface area contributed by atoms with E-state index < -0.39 is 17.6 Å². The quantitative estimate of drug-likeness (QED) is 0.869. The molecule has 0 saturated carbocycles. The summed E-state index contributed by atoms with van der Waals surface area (Å²) in [6.45, 7) is -0.319. The van der Waals surface area contributed by atoms with Gasteiger partial charge >= 0.3 is 6.18 Å². The molecule has 0 unspecified atom stereocenters. The van der Waals surface area contributed by atoms with E-state index in [1.165, 1.54) is 31.3 Å². The van der Waals surface area contributed by atoms with E-state index in [4.69, 9.17) is 4.74 Å². The van der Waals surface area contributed by atoms with Crippen LogP contribution in [0.4, 0.5) is 18.9 Å². The largest absolute Gasteiger partial charge is 0.484 e. The third-order valence-corrected chi connectivity index (χ3v) is 3.21. The zero-order valence-corrected chi connectivity index (χ0v) is 13.2. The van der Waals surface area contributed by atoms with Crippen molar-refractivity contribution in [2.75, 3.05) is 19.0 Å². The first-order valence-electron chi connectivity index (χ1n) is 7.21. The van der Waals surface area contributed by atoms with Crippen LogP contribution >= 0.6 is 0 Å². The van der Waals surface area contributed by atoms with E-state index in [0.29, 0.717) is 11.3 Å². The first-order chi connectivity index (χ1) is 11.8. The van der Waals surface area contributed by atoms with Gasteiger partial charge in [0.1, 0.15) is 5.75 Å². The van der Waals surface area contributed by atoms with Crippen LogP contribution in [0, 0.1) is 0 Å². The van der Waals surface area contributed by atoms with Crippen LogP contribution < -0.4 is 15.4 Å². The molecular weight excluding hydrogens is 337 g/mol. The Bertz CT molecular complexity index is 741. The number of ether oxygens (including phenoxy) is 1. The van der Waals surface area contributed by atoms with Gasteiger partial charge in [-0.2, -0.15) is 13.2 Å². The summed E-state index contributed by atoms with van der Waals surface area (Å²) in [6, 6.07) is 10.3. The molecule has 25 heavy (non-hydrogen) atoms. The van der Waals surface area contributed by atoms with Gasteiger partial charge in [-0.15, -0.1) is 0 Å². The van der Waals surface area contributed by atoms with Crippen molar-refractivity contribution in [1.29, 1.82) is 0 Å². The van der Waals surface area contributed by atoms with Gasteiger partial charge < -0.3 is 15.4 Å². The molecular formula is C17H15F3N2O3. The number of alkyl halides is 3. The Hall–Kier alpha value is -3.03. The van der Waals surface area contributed by atoms with Crippen molar-refractivity contribution < 1.29 is 27.5 Å². The highest BCUT2D eigenvalue weighted by Crippen LogP contribution is 2.29. The van der Waals surface area contributed by atoms with Gasteiger partial charge in [-0.3, -0.25) is 9.59 Å². The summed E-state index contributed by atoms with van der Waals surface area (Å²) in [7, 11) is 1.51. The lowest BCUT2D eigenvalue weighted by atomic mass is 10.2. The standard InChI is InChI=1S/C17H15F3N2O3/c1-21-16(24)11-2-8-14(9-3-11)25-10-15(23)22-13-6-4-12(5-7-13)17(18,19)20/h2-9H,10H2,1H3,(H,21,24)(H,22,23). The molecule has 0 aromatic heterocycles. The number of nitrogens with one attached hydrogen (secondary N) is 2. The Morgan fingerprint density at radius 1 is 1.00 bits per heavy atom. The van der Waals surface area contributed by atoms with Crippen LogP contribution in [-0.2, 0) is 11.0 Å². The third kappa shape index (κ3) is 5.23. The number of hydrogen-bond donors (Lipinski definition) is 2. The third-order valence-electron chi connectivity index (χ3n) is 3.21. The highest BCUT2D eigenvalue weighted by Gasteiger charge is 2.29. The fourth-order valence-electron chi connectivity index (χ4n) is 1.94. The fraction of sp³-hybridized carbons (Fsp3) is 0.176. The molecule has 2 aromatic rings. The molecule has 2 rings (SSSR count). The van der Waals surface area contributed by atoms with Gasteiger partial charge in [0.25, 0.3) is 11.8 Å². The van der Waals surface area contributed by atoms with Crippen molar-refractivity contribution in [2.45, 2.75) is 6.18 Å². The minimum absolute atomic E-state index is 0.233. The van der Waals surface area contributed by atoms with Crippen molar-refractivity contribution in [1.82, 2.24) is 5.32 Å². The molecule has 8 heteroatoms. The minimum Gasteiger partial charge on any atom is -0.484 e. The summed E-state index contributed by atoms with van der Waals surface area (Å²) in [5.74, 6) is -0.378. The normalized spacial score (nSPS) is 10.9. The second-order valence-electron chi connectivity index (χ2n) is 5.02. The zero-order valence-electron chi connectivity index (χ0n) is 13.2. The van der Waals surface area contributed by atoms with Crippen molar-refractivity contribution >= 4 is 17.5 Å². The molecule has 0 atom stereocenters. The van der Waals surface area contributed by atoms with Crippen LogP contribution in [0.2, 0.25) is 0 Å². The van der Waals surface area contributed by atoms with E-state index in [0.717, 1.165) is 12.1 Å². The molecule has 0 bridgehead atoms. The Morgan fingerprint density at radius 2 is 1.60 bits per heavy atom. The second kappa shape index (κ2) is 7.69. The number of carbonyl (C=O) groups is 2. The summed E-state index contributed by atoms with van der Waals surface area (Å²) in [6.07, 6.45) is -4.42. The van der Waals surface area contributed by atoms with E-state index >= 15 is 0 Å². The van der Waals surface area contributed by atoms with Gasteiger partial charge in [0.05, 0.1) is 5.56 Å². The van der Waals surface area contributed by atoms with Crippen LogP contribution in [0.15, 0.2) is 48.5 Å². The molecule has 0 spiro atoms. The molecule has 0 heterocycles. The van der Waals surface area contributed by atoms with Crippen LogP contribution in [0.3, 0.4) is 0 Å². The monoisotopic (exact) mass is 352 g/mol. The van der Waals surface area contributed by atoms with Gasteiger partial charge in [-0.1, -0.05) is 0 Å². The predicted octanol–water partition coefficient (Wildman–Crippen LogP) is 3.08. The fourth-order valence-corrected chi connectivity index (χ4v) is 1.94. The van der Waals surface area contributed by atoms with Crippen LogP contribution in [-0.4, -0.2) is 25.5 Å². The Morgan fingerprint density at radius 3 is 2.12 bits per heavy atom. The number of benzene rings is 2. The topological polar surface area (TPSA) is 67.4 Å². The number of anilines is 1. The summed E-state index contributed by atoms with van der Waals surface area (Å²) in [5, 5.41) is 4.91. The molecule has 5 nitrogen and oxygen atoms in total. The smallest absolute Gasteiger partial charge is 0.416 e. The molecule has 0 aliphatic heterocycles. The van der Waals surface area contributed by atoms with Crippen LogP contribution in [0.25, 0.3) is 0 Å². The van der Waals surface area contributed by atoms with E-state index in [1.54, 1.807) is 12.1 Å². The maximum atomic E-state index is 12.5. The highest BCUT2D eigenvalue weighted by atomic mass is 19.4. The number of amides is 2. The van der Waals surface area contributed by atoms with Crippen LogP contribution in [0.1, 0.15) is 15.9 Å². The molecule has 0 aliphatic rings. The second-order valence-corrected chi connectivity index (χ2v) is 5.02. The van der Waals surface area contributed by atoms with Gasteiger partial charge in [0, 0.05) is 18.3 Å². The molecule has 0 saturated heterocycles. The molecule has 132 valence electrons. The molecule has 2 N–H and O–H groups in total. The maximum Gasteiger partial charge on any atom is 0.416 e. The summed E-state index contributed by atoms with van der Waals surface area (Å²) in [5.41, 5.74) is -0.112. The lowest BCUT2D eigenvalue weighted by Gasteiger charge is -2.10. The zero-order chi connectivity index (χ0) is 18.4. The van der Waals surface area contributed by atoms with Gasteiger partial charge in [-0.05, 0) is 48.5 Å². The van der Waals surface area contributed by atoms with Crippen molar-refractivity contribution in [2.24, 2.45) is 0 Å². The number of hydrogen-bond acceptors (Lipinski definition) is 3. The number of rotatable bonds is 5. The lowest BCUT2D eigenvalue weighted by Crippen LogP contribution is -2.20. The SMILES string of the molecule is CNC(=O)c1ccc(OCC(=O)Nc2ccc(C(F)(F)F)cc2)cc1. The maximum absolute atomic E-state index is 12.5. The lowest BCUT2D eigenvalue weighted by molar-refractivity contribution is -0.137. The minimum atomic E-state index is -4.42. The average molecular weight is 352 g/mol. The van der Waals surface area contributed by atoms with Crippen molar-refractivity contribution in [3.8, 4) is 5.75 Å². The number of carbonyl (C=O) groups excluding carboxylic acids is 2. The highest BCUT2D eigenvalue weighted by molar-refractivity contribution is 5.94. The van der Waals surface area contributed by atoms with Crippen LogP contribution in [0.5, 0.6) is 5.75 Å². The number of halogens is 3. The molecule has 0 radical (unpaired) electrons. The van der Waals surface area contributed by atoms with E-state index in [2.05, 4.69) is 10.6 Å². The molecule has 0 aliphatic carbocycles. The summed E-state index contributed by atoms with van der Waals surface area (Å²) >= 11 is 0. The predicted molar refractivity (Wildman–Crippen MR) is 85.4 cm³/mol. The van der Waals surface area contributed by atoms with E-state index in [1.807, 2.05) is 0 Å².